The number of aromatic amines is 1. The van der Waals surface area contributed by atoms with Crippen LogP contribution in [0.2, 0.25) is 0 Å². The van der Waals surface area contributed by atoms with E-state index in [0.717, 1.165) is 84.4 Å². The predicted molar refractivity (Wildman–Crippen MR) is 121 cm³/mol. The first-order valence-electron chi connectivity index (χ1n) is 9.84. The monoisotopic (exact) mass is 433 g/mol. The minimum atomic E-state index is -0.131. The number of ether oxygens (including phenoxy) is 1. The summed E-state index contributed by atoms with van der Waals surface area (Å²) in [6, 6.07) is 9.49. The highest BCUT2D eigenvalue weighted by Crippen LogP contribution is 2.27. The Morgan fingerprint density at radius 2 is 2.07 bits per heavy atom. The maximum Gasteiger partial charge on any atom is 0.305 e. The zero-order valence-corrected chi connectivity index (χ0v) is 18.0. The second-order valence-electron chi connectivity index (χ2n) is 6.61. The number of hydrogen-bond donors (Lipinski definition) is 3. The molecule has 3 N–H and O–H groups in total. The zero-order valence-electron chi connectivity index (χ0n) is 16.4. The van der Waals surface area contributed by atoms with Gasteiger partial charge in [0.25, 0.3) is 0 Å². The number of hydrogen-bond acceptors (Lipinski definition) is 7. The highest BCUT2D eigenvalue weighted by atomic mass is 32.2. The molecule has 156 valence electrons. The van der Waals surface area contributed by atoms with Gasteiger partial charge in [0, 0.05) is 24.1 Å². The Bertz CT molecular complexity index is 928. The van der Waals surface area contributed by atoms with Crippen molar-refractivity contribution in [2.75, 3.05) is 37.8 Å². The fraction of sp³-hybridized carbons (Fsp3) is 0.429. The molecule has 0 bridgehead atoms. The quantitative estimate of drug-likeness (QED) is 0.359. The Kier molecular flexibility index (Phi) is 9.01. The van der Waals surface area contributed by atoms with E-state index in [9.17, 15) is 9.90 Å². The molecule has 0 aliphatic carbocycles. The highest BCUT2D eigenvalue weighted by molar-refractivity contribution is 7.99. The van der Waals surface area contributed by atoms with E-state index >= 15 is 0 Å². The smallest absolute Gasteiger partial charge is 0.305 e. The van der Waals surface area contributed by atoms with Gasteiger partial charge < -0.3 is 20.1 Å². The average molecular weight is 434 g/mol. The van der Waals surface area contributed by atoms with E-state index in [1.54, 1.807) is 6.07 Å². The lowest BCUT2D eigenvalue weighted by Gasteiger charge is -2.07. The van der Waals surface area contributed by atoms with Crippen molar-refractivity contribution in [1.82, 2.24) is 15.3 Å². The number of benzene rings is 1. The molecule has 2 aromatic heterocycles. The number of rotatable bonds is 13. The van der Waals surface area contributed by atoms with Crippen molar-refractivity contribution in [3.8, 4) is 5.75 Å². The Morgan fingerprint density at radius 1 is 1.14 bits per heavy atom. The molecule has 0 fully saturated rings. The van der Waals surface area contributed by atoms with Crippen molar-refractivity contribution in [2.24, 2.45) is 0 Å². The number of thioether (sulfide) groups is 1. The van der Waals surface area contributed by atoms with Gasteiger partial charge in [-0.05, 0) is 55.4 Å². The van der Waals surface area contributed by atoms with Gasteiger partial charge in [-0.3, -0.25) is 9.78 Å². The molecule has 0 radical (unpaired) electrons. The summed E-state index contributed by atoms with van der Waals surface area (Å²) in [5, 5.41) is 13.3. The molecule has 2 heterocycles. The van der Waals surface area contributed by atoms with Gasteiger partial charge in [-0.15, -0.1) is 0 Å². The molecule has 0 aliphatic rings. The molecule has 0 unspecified atom stereocenters. The molecule has 8 heteroatoms. The molecule has 0 saturated heterocycles. The van der Waals surface area contributed by atoms with E-state index in [-0.39, 0.29) is 10.6 Å². The van der Waals surface area contributed by atoms with Gasteiger partial charge in [0.05, 0.1) is 17.9 Å². The lowest BCUT2D eigenvalue weighted by Crippen LogP contribution is -2.19. The molecule has 29 heavy (non-hydrogen) atoms. The van der Waals surface area contributed by atoms with Crippen LogP contribution in [0.3, 0.4) is 0 Å². The van der Waals surface area contributed by atoms with Gasteiger partial charge in [-0.1, -0.05) is 23.5 Å². The molecule has 3 aromatic rings. The Morgan fingerprint density at radius 3 is 2.93 bits per heavy atom. The molecule has 0 atom stereocenters. The van der Waals surface area contributed by atoms with E-state index in [1.165, 1.54) is 0 Å². The summed E-state index contributed by atoms with van der Waals surface area (Å²) in [6.45, 7) is 3.33. The molecule has 0 spiro atoms. The summed E-state index contributed by atoms with van der Waals surface area (Å²) in [7, 11) is 0. The topological polar surface area (TPSA) is 87.2 Å². The normalized spacial score (nSPS) is 11.3. The number of aromatic nitrogens is 2. The molecule has 3 rings (SSSR count). The minimum Gasteiger partial charge on any atom is -0.506 e. The number of nitrogens with zero attached hydrogens (tertiary/aromatic N) is 1. The molecule has 0 aliphatic heterocycles. The van der Waals surface area contributed by atoms with Crippen molar-refractivity contribution in [2.45, 2.75) is 19.3 Å². The molecule has 1 aromatic carbocycles. The average Bonchev–Trinajstić information content (AvgIpc) is 3.13. The number of nitrogens with one attached hydrogen (secondary N) is 2. The predicted octanol–water partition coefficient (Wildman–Crippen LogP) is 3.20. The van der Waals surface area contributed by atoms with Crippen LogP contribution in [0.1, 0.15) is 17.7 Å². The van der Waals surface area contributed by atoms with Gasteiger partial charge >= 0.3 is 4.87 Å². The maximum atomic E-state index is 11.5. The van der Waals surface area contributed by atoms with Crippen molar-refractivity contribution in [1.29, 1.82) is 0 Å². The summed E-state index contributed by atoms with van der Waals surface area (Å²) in [5.41, 5.74) is 2.71. The minimum absolute atomic E-state index is 0.131. The van der Waals surface area contributed by atoms with Gasteiger partial charge in [0.1, 0.15) is 11.3 Å². The summed E-state index contributed by atoms with van der Waals surface area (Å²) in [6.07, 6.45) is 4.62. The van der Waals surface area contributed by atoms with E-state index in [0.29, 0.717) is 5.52 Å². The highest BCUT2D eigenvalue weighted by Gasteiger charge is 2.09. The number of aromatic hydroxyl groups is 1. The van der Waals surface area contributed by atoms with Crippen LogP contribution in [0.15, 0.2) is 41.3 Å². The Balaban J connectivity index is 1.19. The molecular formula is C21H27N3O3S2. The summed E-state index contributed by atoms with van der Waals surface area (Å²) in [5.74, 6) is 2.26. The number of thiazole rings is 1. The fourth-order valence-electron chi connectivity index (χ4n) is 2.96. The van der Waals surface area contributed by atoms with Crippen LogP contribution in [0.5, 0.6) is 5.75 Å². The van der Waals surface area contributed by atoms with Gasteiger partial charge in [-0.25, -0.2) is 0 Å². The lowest BCUT2D eigenvalue weighted by molar-refractivity contribution is 0.152. The Hall–Kier alpha value is -1.87. The van der Waals surface area contributed by atoms with Crippen LogP contribution in [0, 0.1) is 0 Å². The largest absolute Gasteiger partial charge is 0.506 e. The van der Waals surface area contributed by atoms with Crippen molar-refractivity contribution in [3.05, 3.63) is 57.5 Å². The molecule has 0 saturated carbocycles. The SMILES string of the molecule is O=c1[nH]c2c(O)ccc(CCNCCCSCCOCCc3ccccn3)c2s1. The van der Waals surface area contributed by atoms with Crippen LogP contribution in [0.4, 0.5) is 0 Å². The van der Waals surface area contributed by atoms with Gasteiger partial charge in [0.15, 0.2) is 0 Å². The lowest BCUT2D eigenvalue weighted by atomic mass is 10.1. The number of phenolic OH excluding ortho intramolecular Hbond substituents is 1. The number of H-pyrrole nitrogens is 1. The van der Waals surface area contributed by atoms with Crippen LogP contribution < -0.4 is 10.2 Å². The van der Waals surface area contributed by atoms with E-state index in [2.05, 4.69) is 15.3 Å². The third-order valence-electron chi connectivity index (χ3n) is 4.45. The standard InChI is InChI=1S/C21H27N3O3S2/c25-18-6-5-16(20-19(18)24-21(26)29-20)7-11-22-9-3-14-28-15-13-27-12-8-17-4-1-2-10-23-17/h1-2,4-6,10,22,25H,3,7-9,11-15H2,(H,24,26). The molecule has 0 amide bonds. The van der Waals surface area contributed by atoms with Crippen LogP contribution >= 0.6 is 23.1 Å². The summed E-state index contributed by atoms with van der Waals surface area (Å²) >= 11 is 3.07. The second-order valence-corrected chi connectivity index (χ2v) is 8.82. The molecule has 6 nitrogen and oxygen atoms in total. The van der Waals surface area contributed by atoms with Gasteiger partial charge in [-0.2, -0.15) is 11.8 Å². The van der Waals surface area contributed by atoms with Crippen LogP contribution in [-0.4, -0.2) is 52.9 Å². The van der Waals surface area contributed by atoms with E-state index in [4.69, 9.17) is 4.74 Å². The van der Waals surface area contributed by atoms with Crippen molar-refractivity contribution >= 4 is 33.3 Å². The summed E-state index contributed by atoms with van der Waals surface area (Å²) < 4.78 is 6.52. The van der Waals surface area contributed by atoms with Gasteiger partial charge in [0.2, 0.25) is 0 Å². The van der Waals surface area contributed by atoms with E-state index in [1.807, 2.05) is 42.2 Å². The van der Waals surface area contributed by atoms with E-state index < -0.39 is 0 Å². The first kappa shape index (κ1) is 21.8. The second kappa shape index (κ2) is 12.0. The number of phenols is 1. The van der Waals surface area contributed by atoms with Crippen molar-refractivity contribution < 1.29 is 9.84 Å². The fourth-order valence-corrected chi connectivity index (χ4v) is 4.65. The number of pyridine rings is 1. The summed E-state index contributed by atoms with van der Waals surface area (Å²) in [4.78, 5) is 18.4. The Labute approximate surface area is 178 Å². The maximum absolute atomic E-state index is 11.5. The zero-order chi connectivity index (χ0) is 20.3. The van der Waals surface area contributed by atoms with Crippen LogP contribution in [-0.2, 0) is 17.6 Å². The third-order valence-corrected chi connectivity index (χ3v) is 6.44. The first-order valence-corrected chi connectivity index (χ1v) is 11.8. The van der Waals surface area contributed by atoms with Crippen LogP contribution in [0.25, 0.3) is 10.2 Å². The number of fused-ring (bicyclic) bond motifs is 1. The molecular weight excluding hydrogens is 406 g/mol. The van der Waals surface area contributed by atoms with Crippen molar-refractivity contribution in [3.63, 3.8) is 0 Å². The third kappa shape index (κ3) is 7.15. The first-order chi connectivity index (χ1) is 14.2.